The second kappa shape index (κ2) is 12.9. The van der Waals surface area contributed by atoms with Gasteiger partial charge in [0, 0.05) is 11.8 Å². The van der Waals surface area contributed by atoms with Crippen molar-refractivity contribution in [3.05, 3.63) is 120 Å². The summed E-state index contributed by atoms with van der Waals surface area (Å²) in [5.74, 6) is 0. The van der Waals surface area contributed by atoms with Crippen LogP contribution in [0.1, 0.15) is 11.1 Å². The monoisotopic (exact) mass is 555 g/mol. The Balaban J connectivity index is 0.000000858. The van der Waals surface area contributed by atoms with Gasteiger partial charge < -0.3 is 0 Å². The van der Waals surface area contributed by atoms with Crippen LogP contribution in [-0.4, -0.2) is 6.21 Å². The van der Waals surface area contributed by atoms with Gasteiger partial charge in [0.05, 0.1) is 5.69 Å². The number of hydrogen-bond donors (Lipinski definition) is 0. The molecule has 0 radical (unpaired) electrons. The third-order valence-corrected chi connectivity index (χ3v) is 7.08. The summed E-state index contributed by atoms with van der Waals surface area (Å²) < 4.78 is 0. The van der Waals surface area contributed by atoms with E-state index in [0.717, 1.165) is 5.69 Å². The zero-order valence-corrected chi connectivity index (χ0v) is 20.9. The van der Waals surface area contributed by atoms with E-state index >= 15 is 0 Å². The minimum absolute atomic E-state index is 0.106. The van der Waals surface area contributed by atoms with Crippen molar-refractivity contribution in [1.29, 1.82) is 0 Å². The molecule has 1 nitrogen and oxygen atoms in total. The van der Waals surface area contributed by atoms with E-state index in [1.54, 1.807) is 0 Å². The third kappa shape index (κ3) is 7.12. The van der Waals surface area contributed by atoms with Crippen LogP contribution in [0.15, 0.2) is 114 Å². The molecule has 0 aliphatic heterocycles. The van der Waals surface area contributed by atoms with E-state index in [1.165, 1.54) is 27.0 Å². The summed E-state index contributed by atoms with van der Waals surface area (Å²) in [5, 5.41) is 4.02. The molecule has 0 aromatic heterocycles. The first kappa shape index (κ1) is 23.9. The molecule has 4 aromatic rings. The maximum absolute atomic E-state index is 4.81. The van der Waals surface area contributed by atoms with Crippen molar-refractivity contribution < 1.29 is 15.9 Å². The number of aryl methyl sites for hydroxylation is 1. The molecule has 0 bridgehead atoms. The number of aliphatic imine (C=N–C) groups is 1. The van der Waals surface area contributed by atoms with Crippen molar-refractivity contribution in [3.63, 3.8) is 0 Å². The summed E-state index contributed by atoms with van der Waals surface area (Å²) in [4.78, 5) is 4.75. The van der Waals surface area contributed by atoms with Crippen LogP contribution in [0, 0.1) is 6.92 Å². The van der Waals surface area contributed by atoms with Gasteiger partial charge in [-0.25, -0.2) is 0 Å². The van der Waals surface area contributed by atoms with E-state index in [9.17, 15) is 0 Å². The Kier molecular flexibility index (Phi) is 9.96. The molecular formula is C26H22Cl2NPPd. The van der Waals surface area contributed by atoms with Crippen LogP contribution < -0.4 is 15.9 Å². The normalized spacial score (nSPS) is 10.8. The molecule has 160 valence electrons. The van der Waals surface area contributed by atoms with E-state index in [4.69, 9.17) is 24.1 Å². The molecule has 0 N–H and O–H groups in total. The van der Waals surface area contributed by atoms with Gasteiger partial charge in [-0.2, -0.15) is 0 Å². The van der Waals surface area contributed by atoms with E-state index < -0.39 is 7.92 Å². The van der Waals surface area contributed by atoms with Crippen molar-refractivity contribution in [1.82, 2.24) is 0 Å². The summed E-state index contributed by atoms with van der Waals surface area (Å²) in [6, 6.07) is 38.5. The molecule has 0 atom stereocenters. The summed E-state index contributed by atoms with van der Waals surface area (Å²) in [7, 11) is 8.98. The van der Waals surface area contributed by atoms with Crippen LogP contribution in [0.2, 0.25) is 0 Å². The Labute approximate surface area is 202 Å². The molecular weight excluding hydrogens is 535 g/mol. The van der Waals surface area contributed by atoms with Crippen LogP contribution in [0.25, 0.3) is 0 Å². The van der Waals surface area contributed by atoms with Crippen molar-refractivity contribution in [3.8, 4) is 0 Å². The zero-order chi connectivity index (χ0) is 21.9. The van der Waals surface area contributed by atoms with E-state index in [2.05, 4.69) is 110 Å². The van der Waals surface area contributed by atoms with Gasteiger partial charge in [0.25, 0.3) is 0 Å². The summed E-state index contributed by atoms with van der Waals surface area (Å²) in [5.41, 5.74) is 3.38. The Hall–Kier alpha value is -1.78. The molecule has 0 aliphatic rings. The molecule has 31 heavy (non-hydrogen) atoms. The molecule has 0 heterocycles. The van der Waals surface area contributed by atoms with Crippen LogP contribution in [0.5, 0.6) is 0 Å². The van der Waals surface area contributed by atoms with E-state index in [0.29, 0.717) is 0 Å². The zero-order valence-electron chi connectivity index (χ0n) is 16.9. The number of rotatable bonds is 5. The van der Waals surface area contributed by atoms with Crippen molar-refractivity contribution >= 4 is 54.8 Å². The van der Waals surface area contributed by atoms with Crippen molar-refractivity contribution in [2.75, 3.05) is 0 Å². The fourth-order valence-electron chi connectivity index (χ4n) is 3.23. The first-order chi connectivity index (χ1) is 15.2. The van der Waals surface area contributed by atoms with Crippen LogP contribution in [0.3, 0.4) is 0 Å². The van der Waals surface area contributed by atoms with Crippen molar-refractivity contribution in [2.24, 2.45) is 4.99 Å². The predicted molar refractivity (Wildman–Crippen MR) is 135 cm³/mol. The van der Waals surface area contributed by atoms with Gasteiger partial charge in [0.15, 0.2) is 0 Å². The minimum atomic E-state index is -0.645. The summed E-state index contributed by atoms with van der Waals surface area (Å²) in [6.45, 7) is 2.09. The van der Waals surface area contributed by atoms with Gasteiger partial charge in [-0.15, -0.1) is 0 Å². The topological polar surface area (TPSA) is 12.4 Å². The van der Waals surface area contributed by atoms with Gasteiger partial charge >= 0.3 is 35.0 Å². The molecule has 5 heteroatoms. The summed E-state index contributed by atoms with van der Waals surface area (Å²) >= 11 is -0.106. The standard InChI is InChI=1S/C26H22NP.2ClH.Pd/c1-21-11-10-13-23(19-21)27-20-22-12-8-9-18-26(22)28(24-14-4-2-5-15-24)25-16-6-3-7-17-25;;;/h2-20H,1H3;2*1H;/q;;;+2/p-2. The van der Waals surface area contributed by atoms with Crippen LogP contribution in [0.4, 0.5) is 5.69 Å². The number of nitrogens with zero attached hydrogens (tertiary/aromatic N) is 1. The van der Waals surface area contributed by atoms with Gasteiger partial charge in [0.2, 0.25) is 0 Å². The predicted octanol–water partition coefficient (Wildman–Crippen LogP) is 6.88. The number of benzene rings is 4. The Morgan fingerprint density at radius 2 is 1.26 bits per heavy atom. The third-order valence-electron chi connectivity index (χ3n) is 4.56. The van der Waals surface area contributed by atoms with Crippen molar-refractivity contribution in [2.45, 2.75) is 6.92 Å². The Bertz CT molecular complexity index is 1060. The molecule has 4 aromatic carbocycles. The van der Waals surface area contributed by atoms with Crippen LogP contribution in [-0.2, 0) is 15.9 Å². The fraction of sp³-hybridized carbons (Fsp3) is 0.0385. The molecule has 0 amide bonds. The van der Waals surface area contributed by atoms with Gasteiger partial charge in [-0.05, 0) is 48.5 Å². The van der Waals surface area contributed by atoms with E-state index in [1.807, 2.05) is 12.3 Å². The number of hydrogen-bond acceptors (Lipinski definition) is 1. The Morgan fingerprint density at radius 3 is 1.84 bits per heavy atom. The first-order valence-electron chi connectivity index (χ1n) is 9.65. The molecule has 0 saturated carbocycles. The van der Waals surface area contributed by atoms with Gasteiger partial charge in [-0.3, -0.25) is 4.99 Å². The maximum atomic E-state index is 4.81. The molecule has 0 aliphatic carbocycles. The quantitative estimate of drug-likeness (QED) is 0.144. The summed E-state index contributed by atoms with van der Waals surface area (Å²) in [6.07, 6.45) is 2.01. The number of halogens is 2. The van der Waals surface area contributed by atoms with Gasteiger partial charge in [-0.1, -0.05) is 97.1 Å². The first-order valence-corrected chi connectivity index (χ1v) is 15.0. The second-order valence-corrected chi connectivity index (χ2v) is 11.3. The molecule has 4 rings (SSSR count). The molecule has 0 spiro atoms. The average molecular weight is 557 g/mol. The fourth-order valence-corrected chi connectivity index (χ4v) is 5.65. The van der Waals surface area contributed by atoms with E-state index in [-0.39, 0.29) is 15.9 Å². The molecule has 0 unspecified atom stereocenters. The van der Waals surface area contributed by atoms with Crippen LogP contribution >= 0.6 is 27.0 Å². The molecule has 0 saturated heterocycles. The second-order valence-electron chi connectivity index (χ2n) is 6.71. The SMILES string of the molecule is Cc1cccc(N=Cc2ccccc2P(c2ccccc2)c2ccccc2)c1.[Cl][Pd][Cl]. The average Bonchev–Trinajstić information content (AvgIpc) is 2.81. The van der Waals surface area contributed by atoms with Gasteiger partial charge in [0.1, 0.15) is 0 Å². The molecule has 0 fully saturated rings. The Morgan fingerprint density at radius 1 is 0.710 bits per heavy atom.